The number of nitrogens with zero attached hydrogens (tertiary/aromatic N) is 3. The van der Waals surface area contributed by atoms with E-state index in [9.17, 15) is 0 Å². The highest BCUT2D eigenvalue weighted by Gasteiger charge is 2.35. The molecule has 1 aliphatic heterocycles. The molecule has 0 aromatic heterocycles. The summed E-state index contributed by atoms with van der Waals surface area (Å²) in [6.45, 7) is 3.21. The lowest BCUT2D eigenvalue weighted by atomic mass is 9.82. The molecule has 2 aliphatic rings. The SMILES string of the molecule is CN=C(NCc1ccc(N(C)C)cc1)N1CC2CCCCC2C1.I. The number of halogens is 1. The third-order valence-corrected chi connectivity index (χ3v) is 5.39. The molecule has 2 atom stereocenters. The molecule has 1 N–H and O–H groups in total. The second kappa shape index (κ2) is 8.92. The van der Waals surface area contributed by atoms with Crippen molar-refractivity contribution < 1.29 is 0 Å². The zero-order chi connectivity index (χ0) is 16.2. The second-order valence-corrected chi connectivity index (χ2v) is 7.17. The van der Waals surface area contributed by atoms with Crippen LogP contribution in [0.4, 0.5) is 5.69 Å². The van der Waals surface area contributed by atoms with Gasteiger partial charge in [0.05, 0.1) is 0 Å². The molecule has 0 bridgehead atoms. The molecule has 1 aliphatic carbocycles. The Hall–Kier alpha value is -0.980. The zero-order valence-corrected chi connectivity index (χ0v) is 17.5. The van der Waals surface area contributed by atoms with E-state index in [1.165, 1.54) is 50.0 Å². The molecule has 1 saturated carbocycles. The minimum absolute atomic E-state index is 0. The standard InChI is InChI=1S/C19H30N4.HI/c1-20-19(23-13-16-6-4-5-7-17(16)14-23)21-12-15-8-10-18(11-9-15)22(2)3;/h8-11,16-17H,4-7,12-14H2,1-3H3,(H,20,21);1H. The highest BCUT2D eigenvalue weighted by atomic mass is 127. The maximum atomic E-state index is 4.51. The topological polar surface area (TPSA) is 30.9 Å². The number of hydrogen-bond donors (Lipinski definition) is 1. The van der Waals surface area contributed by atoms with Crippen LogP contribution in [0.5, 0.6) is 0 Å². The van der Waals surface area contributed by atoms with E-state index in [0.29, 0.717) is 0 Å². The van der Waals surface area contributed by atoms with Gasteiger partial charge in [-0.25, -0.2) is 0 Å². The van der Waals surface area contributed by atoms with Crippen LogP contribution >= 0.6 is 24.0 Å². The quantitative estimate of drug-likeness (QED) is 0.441. The second-order valence-electron chi connectivity index (χ2n) is 7.17. The molecule has 0 amide bonds. The van der Waals surface area contributed by atoms with Crippen molar-refractivity contribution in [2.75, 3.05) is 39.1 Å². The first-order valence-electron chi connectivity index (χ1n) is 8.89. The molecule has 1 aromatic rings. The molecule has 0 spiro atoms. The molecule has 2 fully saturated rings. The highest BCUT2D eigenvalue weighted by Crippen LogP contribution is 2.35. The molecule has 3 rings (SSSR count). The lowest BCUT2D eigenvalue weighted by molar-refractivity contribution is 0.299. The fourth-order valence-corrected chi connectivity index (χ4v) is 4.00. The molecule has 24 heavy (non-hydrogen) atoms. The molecule has 134 valence electrons. The van der Waals surface area contributed by atoms with Gasteiger partial charge in [0.25, 0.3) is 0 Å². The molecule has 2 unspecified atom stereocenters. The van der Waals surface area contributed by atoms with Gasteiger partial charge >= 0.3 is 0 Å². The summed E-state index contributed by atoms with van der Waals surface area (Å²) in [6.07, 6.45) is 5.65. The van der Waals surface area contributed by atoms with Crippen LogP contribution in [0.15, 0.2) is 29.3 Å². The van der Waals surface area contributed by atoms with E-state index in [-0.39, 0.29) is 24.0 Å². The number of rotatable bonds is 3. The Labute approximate surface area is 163 Å². The van der Waals surface area contributed by atoms with Crippen molar-refractivity contribution in [3.05, 3.63) is 29.8 Å². The molecule has 1 aromatic carbocycles. The average molecular weight is 442 g/mol. The summed E-state index contributed by atoms with van der Waals surface area (Å²) in [5.74, 6) is 2.85. The Morgan fingerprint density at radius 3 is 2.21 bits per heavy atom. The molecule has 4 nitrogen and oxygen atoms in total. The molecule has 0 radical (unpaired) electrons. The summed E-state index contributed by atoms with van der Waals surface area (Å²) in [6, 6.07) is 8.73. The van der Waals surface area contributed by atoms with Gasteiger partial charge in [-0.2, -0.15) is 0 Å². The van der Waals surface area contributed by atoms with Crippen LogP contribution in [-0.2, 0) is 6.54 Å². The van der Waals surface area contributed by atoms with Gasteiger partial charge in [-0.05, 0) is 42.4 Å². The van der Waals surface area contributed by atoms with E-state index >= 15 is 0 Å². The first kappa shape index (κ1) is 19.3. The van der Waals surface area contributed by atoms with Crippen LogP contribution in [-0.4, -0.2) is 45.1 Å². The maximum Gasteiger partial charge on any atom is 0.193 e. The number of hydrogen-bond acceptors (Lipinski definition) is 2. The Kier molecular flexibility index (Phi) is 7.19. The van der Waals surface area contributed by atoms with Crippen molar-refractivity contribution in [3.63, 3.8) is 0 Å². The third-order valence-electron chi connectivity index (χ3n) is 5.39. The lowest BCUT2D eigenvalue weighted by Gasteiger charge is -2.22. The van der Waals surface area contributed by atoms with E-state index in [4.69, 9.17) is 0 Å². The van der Waals surface area contributed by atoms with Crippen molar-refractivity contribution in [1.82, 2.24) is 10.2 Å². The molecular formula is C19H31IN4. The molecule has 5 heteroatoms. The number of fused-ring (bicyclic) bond motifs is 1. The van der Waals surface area contributed by atoms with Crippen LogP contribution < -0.4 is 10.2 Å². The van der Waals surface area contributed by atoms with Gasteiger partial charge in [0.1, 0.15) is 0 Å². The summed E-state index contributed by atoms with van der Waals surface area (Å²) in [7, 11) is 6.04. The van der Waals surface area contributed by atoms with Crippen LogP contribution in [0.1, 0.15) is 31.2 Å². The Balaban J connectivity index is 0.00000208. The summed E-state index contributed by atoms with van der Waals surface area (Å²) >= 11 is 0. The fourth-order valence-electron chi connectivity index (χ4n) is 4.00. The highest BCUT2D eigenvalue weighted by molar-refractivity contribution is 14.0. The normalized spacial score (nSPS) is 23.5. The number of benzene rings is 1. The van der Waals surface area contributed by atoms with Gasteiger partial charge in [0.2, 0.25) is 0 Å². The lowest BCUT2D eigenvalue weighted by Crippen LogP contribution is -2.39. The van der Waals surface area contributed by atoms with E-state index in [2.05, 4.69) is 58.5 Å². The van der Waals surface area contributed by atoms with Crippen LogP contribution in [0.25, 0.3) is 0 Å². The van der Waals surface area contributed by atoms with Gasteiger partial charge in [0, 0.05) is 46.5 Å². The van der Waals surface area contributed by atoms with Gasteiger partial charge in [-0.15, -0.1) is 24.0 Å². The summed E-state index contributed by atoms with van der Waals surface area (Å²) in [5, 5.41) is 3.55. The summed E-state index contributed by atoms with van der Waals surface area (Å²) in [4.78, 5) is 9.11. The zero-order valence-electron chi connectivity index (χ0n) is 15.2. The van der Waals surface area contributed by atoms with E-state index in [1.807, 2.05) is 7.05 Å². The van der Waals surface area contributed by atoms with Crippen molar-refractivity contribution >= 4 is 35.6 Å². The number of guanidine groups is 1. The van der Waals surface area contributed by atoms with Crippen LogP contribution in [0.3, 0.4) is 0 Å². The predicted molar refractivity (Wildman–Crippen MR) is 113 cm³/mol. The van der Waals surface area contributed by atoms with E-state index < -0.39 is 0 Å². The van der Waals surface area contributed by atoms with Gasteiger partial charge in [0.15, 0.2) is 5.96 Å². The first-order valence-corrected chi connectivity index (χ1v) is 8.89. The predicted octanol–water partition coefficient (Wildman–Crippen LogP) is 3.57. The third kappa shape index (κ3) is 4.55. The minimum Gasteiger partial charge on any atom is -0.378 e. The Morgan fingerprint density at radius 2 is 1.71 bits per heavy atom. The van der Waals surface area contributed by atoms with E-state index in [0.717, 1.165) is 24.3 Å². The monoisotopic (exact) mass is 442 g/mol. The van der Waals surface area contributed by atoms with Gasteiger partial charge < -0.3 is 15.1 Å². The average Bonchev–Trinajstić information content (AvgIpc) is 2.99. The van der Waals surface area contributed by atoms with Crippen molar-refractivity contribution in [2.45, 2.75) is 32.2 Å². The Bertz CT molecular complexity index is 527. The van der Waals surface area contributed by atoms with Gasteiger partial charge in [-0.1, -0.05) is 25.0 Å². The van der Waals surface area contributed by atoms with E-state index in [1.54, 1.807) is 0 Å². The minimum atomic E-state index is 0. The maximum absolute atomic E-state index is 4.51. The van der Waals surface area contributed by atoms with Crippen LogP contribution in [0.2, 0.25) is 0 Å². The smallest absolute Gasteiger partial charge is 0.193 e. The largest absolute Gasteiger partial charge is 0.378 e. The van der Waals surface area contributed by atoms with Crippen molar-refractivity contribution in [1.29, 1.82) is 0 Å². The number of anilines is 1. The van der Waals surface area contributed by atoms with Crippen molar-refractivity contribution in [3.8, 4) is 0 Å². The Morgan fingerprint density at radius 1 is 1.12 bits per heavy atom. The number of likely N-dealkylation sites (tertiary alicyclic amines) is 1. The first-order chi connectivity index (χ1) is 11.2. The molecule has 1 heterocycles. The summed E-state index contributed by atoms with van der Waals surface area (Å²) in [5.41, 5.74) is 2.54. The molecular weight excluding hydrogens is 411 g/mol. The van der Waals surface area contributed by atoms with Crippen LogP contribution in [0, 0.1) is 11.8 Å². The number of aliphatic imine (C=N–C) groups is 1. The fraction of sp³-hybridized carbons (Fsp3) is 0.632. The summed E-state index contributed by atoms with van der Waals surface area (Å²) < 4.78 is 0. The van der Waals surface area contributed by atoms with Gasteiger partial charge in [-0.3, -0.25) is 4.99 Å². The number of nitrogens with one attached hydrogen (secondary N) is 1. The van der Waals surface area contributed by atoms with Crippen molar-refractivity contribution in [2.24, 2.45) is 16.8 Å². The molecule has 1 saturated heterocycles.